The van der Waals surface area contributed by atoms with Gasteiger partial charge < -0.3 is 4.57 Å². The lowest BCUT2D eigenvalue weighted by Gasteiger charge is -2.31. The fourth-order valence-corrected chi connectivity index (χ4v) is 5.00. The summed E-state index contributed by atoms with van der Waals surface area (Å²) in [4.78, 5) is 39.4. The second-order valence-corrected chi connectivity index (χ2v) is 9.22. The molecule has 6 nitrogen and oxygen atoms in total. The van der Waals surface area contributed by atoms with Crippen LogP contribution in [-0.2, 0) is 16.1 Å². The first-order valence-electron chi connectivity index (χ1n) is 10.8. The molecule has 168 valence electrons. The Labute approximate surface area is 200 Å². The van der Waals surface area contributed by atoms with Crippen LogP contribution in [0.5, 0.6) is 0 Å². The van der Waals surface area contributed by atoms with Crippen LogP contribution in [0, 0.1) is 0 Å². The molecule has 8 heteroatoms. The molecule has 1 saturated heterocycles. The summed E-state index contributed by atoms with van der Waals surface area (Å²) in [5.74, 6) is -1.20. The van der Waals surface area contributed by atoms with Gasteiger partial charge in [0.25, 0.3) is 11.8 Å². The van der Waals surface area contributed by atoms with E-state index in [4.69, 9.17) is 23.2 Å². The summed E-state index contributed by atoms with van der Waals surface area (Å²) in [6.07, 6.45) is 6.96. The number of halogens is 2. The highest BCUT2D eigenvalue weighted by Crippen LogP contribution is 2.30. The van der Waals surface area contributed by atoms with Gasteiger partial charge in [0, 0.05) is 35.2 Å². The summed E-state index contributed by atoms with van der Waals surface area (Å²) < 4.78 is 2.03. The molecule has 0 spiro atoms. The number of nitrogens with one attached hydrogen (secondary N) is 1. The predicted octanol–water partition coefficient (Wildman–Crippen LogP) is 5.40. The number of nitrogens with zero attached hydrogens (tertiary/aromatic N) is 2. The first-order chi connectivity index (χ1) is 15.9. The molecule has 1 aliphatic heterocycles. The first-order valence-corrected chi connectivity index (χ1v) is 11.6. The van der Waals surface area contributed by atoms with Crippen molar-refractivity contribution in [1.29, 1.82) is 0 Å². The predicted molar refractivity (Wildman–Crippen MR) is 128 cm³/mol. The van der Waals surface area contributed by atoms with E-state index in [2.05, 4.69) is 5.32 Å². The summed E-state index contributed by atoms with van der Waals surface area (Å²) in [6, 6.07) is 12.5. The van der Waals surface area contributed by atoms with E-state index < -0.39 is 17.8 Å². The van der Waals surface area contributed by atoms with Crippen LogP contribution >= 0.6 is 23.2 Å². The van der Waals surface area contributed by atoms with E-state index in [9.17, 15) is 14.4 Å². The number of carbonyl (C=O) groups is 3. The molecule has 0 bridgehead atoms. The summed E-state index contributed by atoms with van der Waals surface area (Å²) in [5, 5.41) is 4.21. The second-order valence-electron chi connectivity index (χ2n) is 8.41. The molecule has 2 fully saturated rings. The fraction of sp³-hybridized carbons (Fsp3) is 0.240. The third-order valence-electron chi connectivity index (χ3n) is 6.28. The molecular weight excluding hydrogens is 461 g/mol. The Morgan fingerprint density at radius 1 is 1.00 bits per heavy atom. The quantitative estimate of drug-likeness (QED) is 0.400. The minimum atomic E-state index is -0.666. The van der Waals surface area contributed by atoms with Gasteiger partial charge in [0.15, 0.2) is 0 Å². The number of benzene rings is 2. The van der Waals surface area contributed by atoms with E-state index in [0.717, 1.165) is 47.7 Å². The number of fused-ring (bicyclic) bond motifs is 1. The highest BCUT2D eigenvalue weighted by Gasteiger charge is 2.40. The number of hydrogen-bond acceptors (Lipinski definition) is 3. The van der Waals surface area contributed by atoms with Crippen molar-refractivity contribution in [3.05, 3.63) is 75.4 Å². The Morgan fingerprint density at radius 3 is 2.52 bits per heavy atom. The van der Waals surface area contributed by atoms with Crippen molar-refractivity contribution in [1.82, 2.24) is 14.8 Å². The van der Waals surface area contributed by atoms with Gasteiger partial charge in [-0.1, -0.05) is 60.3 Å². The molecule has 1 aromatic heterocycles. The molecule has 2 aromatic carbocycles. The monoisotopic (exact) mass is 481 g/mol. The Hall–Kier alpha value is -3.09. The van der Waals surface area contributed by atoms with Gasteiger partial charge in [0.2, 0.25) is 0 Å². The van der Waals surface area contributed by atoms with Crippen molar-refractivity contribution < 1.29 is 14.4 Å². The number of urea groups is 1. The maximum atomic E-state index is 13.2. The van der Waals surface area contributed by atoms with Crippen LogP contribution in [0.25, 0.3) is 17.0 Å². The lowest BCUT2D eigenvalue weighted by atomic mass is 10.0. The number of aromatic nitrogens is 1. The Kier molecular flexibility index (Phi) is 5.72. The molecule has 4 amide bonds. The van der Waals surface area contributed by atoms with Crippen molar-refractivity contribution in [3.8, 4) is 0 Å². The zero-order chi connectivity index (χ0) is 23.1. The molecule has 1 saturated carbocycles. The minimum absolute atomic E-state index is 0.0288. The van der Waals surface area contributed by atoms with E-state index >= 15 is 0 Å². The van der Waals surface area contributed by atoms with Crippen LogP contribution in [0.2, 0.25) is 10.0 Å². The number of carbonyl (C=O) groups excluding carboxylic acids is 3. The molecule has 0 atom stereocenters. The van der Waals surface area contributed by atoms with Crippen molar-refractivity contribution in [2.75, 3.05) is 0 Å². The van der Waals surface area contributed by atoms with Crippen LogP contribution in [0.4, 0.5) is 4.79 Å². The molecule has 33 heavy (non-hydrogen) atoms. The number of hydrogen-bond donors (Lipinski definition) is 1. The molecule has 5 rings (SSSR count). The van der Waals surface area contributed by atoms with Crippen molar-refractivity contribution >= 4 is 58.0 Å². The van der Waals surface area contributed by atoms with E-state index in [1.54, 1.807) is 12.1 Å². The van der Waals surface area contributed by atoms with Crippen LogP contribution in [0.1, 0.15) is 36.8 Å². The van der Waals surface area contributed by atoms with E-state index in [0.29, 0.717) is 16.6 Å². The van der Waals surface area contributed by atoms with Crippen LogP contribution < -0.4 is 5.32 Å². The first kappa shape index (κ1) is 21.7. The van der Waals surface area contributed by atoms with E-state index in [-0.39, 0.29) is 11.6 Å². The Bertz CT molecular complexity index is 1320. The second kappa shape index (κ2) is 8.69. The molecular formula is C25H21Cl2N3O3. The largest absolute Gasteiger partial charge is 0.342 e. The summed E-state index contributed by atoms with van der Waals surface area (Å²) >= 11 is 12.2. The van der Waals surface area contributed by atoms with Gasteiger partial charge in [-0.3, -0.25) is 19.8 Å². The van der Waals surface area contributed by atoms with Crippen molar-refractivity contribution in [2.24, 2.45) is 0 Å². The average molecular weight is 482 g/mol. The highest BCUT2D eigenvalue weighted by molar-refractivity contribution is 6.42. The number of para-hydroxylation sites is 1. The highest BCUT2D eigenvalue weighted by atomic mass is 35.5. The molecule has 0 radical (unpaired) electrons. The van der Waals surface area contributed by atoms with E-state index in [1.165, 1.54) is 4.90 Å². The molecule has 0 unspecified atom stereocenters. The lowest BCUT2D eigenvalue weighted by Crippen LogP contribution is -2.57. The van der Waals surface area contributed by atoms with Crippen LogP contribution in [0.15, 0.2) is 54.2 Å². The SMILES string of the molecule is O=C1NC(=O)N(C2CCCC2)C(=O)/C1=C\c1cn(Cc2ccc(Cl)c(Cl)c2)c2ccccc12. The number of rotatable bonds is 4. The van der Waals surface area contributed by atoms with Gasteiger partial charge in [-0.15, -0.1) is 0 Å². The lowest BCUT2D eigenvalue weighted by molar-refractivity contribution is -0.131. The van der Waals surface area contributed by atoms with Crippen molar-refractivity contribution in [2.45, 2.75) is 38.3 Å². The third kappa shape index (κ3) is 4.05. The van der Waals surface area contributed by atoms with Gasteiger partial charge in [0.1, 0.15) is 5.57 Å². The van der Waals surface area contributed by atoms with Crippen molar-refractivity contribution in [3.63, 3.8) is 0 Å². The summed E-state index contributed by atoms with van der Waals surface area (Å²) in [7, 11) is 0. The molecule has 1 N–H and O–H groups in total. The number of imide groups is 2. The van der Waals surface area contributed by atoms with Crippen LogP contribution in [-0.4, -0.2) is 33.4 Å². The topological polar surface area (TPSA) is 71.4 Å². The average Bonchev–Trinajstić information content (AvgIpc) is 3.43. The molecule has 2 aliphatic rings. The summed E-state index contributed by atoms with van der Waals surface area (Å²) in [6.45, 7) is 0.535. The summed E-state index contributed by atoms with van der Waals surface area (Å²) in [5.41, 5.74) is 2.61. The van der Waals surface area contributed by atoms with Crippen LogP contribution in [0.3, 0.4) is 0 Å². The third-order valence-corrected chi connectivity index (χ3v) is 7.02. The normalized spacial score (nSPS) is 18.5. The Morgan fingerprint density at radius 2 is 1.76 bits per heavy atom. The van der Waals surface area contributed by atoms with Gasteiger partial charge in [-0.2, -0.15) is 0 Å². The smallest absolute Gasteiger partial charge is 0.331 e. The van der Waals surface area contributed by atoms with Gasteiger partial charge >= 0.3 is 6.03 Å². The molecule has 1 aliphatic carbocycles. The fourth-order valence-electron chi connectivity index (χ4n) is 4.68. The molecule has 2 heterocycles. The zero-order valence-corrected chi connectivity index (χ0v) is 19.2. The minimum Gasteiger partial charge on any atom is -0.342 e. The maximum absolute atomic E-state index is 13.2. The maximum Gasteiger partial charge on any atom is 0.331 e. The van der Waals surface area contributed by atoms with Gasteiger partial charge in [-0.05, 0) is 42.7 Å². The van der Waals surface area contributed by atoms with E-state index in [1.807, 2.05) is 47.2 Å². The number of amides is 4. The van der Waals surface area contributed by atoms with Gasteiger partial charge in [-0.25, -0.2) is 4.79 Å². The Balaban J connectivity index is 1.54. The molecule has 3 aromatic rings. The standard InChI is InChI=1S/C25H21Cl2N3O3/c26-20-10-9-15(11-21(20)27)13-29-14-16(18-7-3-4-8-22(18)29)12-19-23(31)28-25(33)30(24(19)32)17-5-1-2-6-17/h3-4,7-12,14,17H,1-2,5-6,13H2,(H,28,31,33)/b19-12-. The number of barbiturate groups is 1. The van der Waals surface area contributed by atoms with Gasteiger partial charge in [0.05, 0.1) is 10.0 Å². The zero-order valence-electron chi connectivity index (χ0n) is 17.7.